The highest BCUT2D eigenvalue weighted by molar-refractivity contribution is 7.92. The van der Waals surface area contributed by atoms with Gasteiger partial charge in [0, 0.05) is 28.2 Å². The summed E-state index contributed by atoms with van der Waals surface area (Å²) < 4.78 is 35.1. The number of halogens is 2. The molecule has 0 radical (unpaired) electrons. The van der Waals surface area contributed by atoms with Crippen LogP contribution in [0.4, 0.5) is 5.69 Å². The van der Waals surface area contributed by atoms with E-state index in [-0.39, 0.29) is 42.1 Å². The molecule has 0 aliphatic rings. The number of aryl methyl sites for hydroxylation is 1. The third-order valence-electron chi connectivity index (χ3n) is 7.10. The van der Waals surface area contributed by atoms with Crippen molar-refractivity contribution in [1.29, 1.82) is 0 Å². The number of hydrogen-bond acceptors (Lipinski definition) is 5. The maximum Gasteiger partial charge on any atom is 0.264 e. The van der Waals surface area contributed by atoms with Crippen LogP contribution in [0.2, 0.25) is 10.0 Å². The van der Waals surface area contributed by atoms with Crippen LogP contribution in [0.25, 0.3) is 0 Å². The van der Waals surface area contributed by atoms with E-state index >= 15 is 0 Å². The largest absolute Gasteiger partial charge is 0.492 e. The second kappa shape index (κ2) is 15.5. The first-order chi connectivity index (χ1) is 20.4. The molecule has 0 saturated carbocycles. The molecule has 0 aliphatic heterocycles. The van der Waals surface area contributed by atoms with Gasteiger partial charge >= 0.3 is 0 Å². The van der Waals surface area contributed by atoms with Gasteiger partial charge in [-0.25, -0.2) is 8.42 Å². The number of carbonyl (C=O) groups is 2. The summed E-state index contributed by atoms with van der Waals surface area (Å²) in [6.07, 6.45) is 0.972. The van der Waals surface area contributed by atoms with E-state index in [9.17, 15) is 18.0 Å². The van der Waals surface area contributed by atoms with E-state index in [0.717, 1.165) is 9.87 Å². The summed E-state index contributed by atoms with van der Waals surface area (Å²) in [7, 11) is -4.25. The van der Waals surface area contributed by atoms with E-state index in [4.69, 9.17) is 27.9 Å². The molecule has 11 heteroatoms. The van der Waals surface area contributed by atoms with E-state index in [1.165, 1.54) is 17.0 Å². The number of rotatable bonds is 14. The summed E-state index contributed by atoms with van der Waals surface area (Å²) in [6.45, 7) is 8.84. The molecule has 2 atom stereocenters. The van der Waals surface area contributed by atoms with Crippen LogP contribution in [-0.4, -0.2) is 50.4 Å². The maximum atomic E-state index is 14.3. The molecule has 0 aliphatic carbocycles. The second-order valence-electron chi connectivity index (χ2n) is 10.2. The molecule has 3 rings (SSSR count). The van der Waals surface area contributed by atoms with Crippen molar-refractivity contribution in [2.24, 2.45) is 0 Å². The van der Waals surface area contributed by atoms with Gasteiger partial charge in [-0.15, -0.1) is 0 Å². The number of ether oxygens (including phenoxy) is 1. The van der Waals surface area contributed by atoms with Crippen molar-refractivity contribution < 1.29 is 22.7 Å². The third kappa shape index (κ3) is 8.43. The fourth-order valence-electron chi connectivity index (χ4n) is 4.51. The third-order valence-corrected chi connectivity index (χ3v) is 9.58. The normalized spacial score (nSPS) is 12.7. The molecule has 0 bridgehead atoms. The van der Waals surface area contributed by atoms with Crippen LogP contribution < -0.4 is 14.4 Å². The quantitative estimate of drug-likeness (QED) is 0.212. The lowest BCUT2D eigenvalue weighted by Gasteiger charge is -2.34. The standard InChI is InChI=1S/C32H39Cl2N3O5S/c1-6-23(5)35-32(39)28(7-2)36(20-25-26(33)12-11-13-27(25)34)31(38)21-37(29-14-9-10-15-30(29)42-8-3)43(40,41)24-18-16-22(4)17-19-24/h9-19,23,28H,6-8,20-21H2,1-5H3,(H,35,39)/t23-,28-/m0/s1. The van der Waals surface area contributed by atoms with E-state index in [0.29, 0.717) is 27.8 Å². The average Bonchev–Trinajstić information content (AvgIpc) is 2.97. The van der Waals surface area contributed by atoms with Gasteiger partial charge in [-0.2, -0.15) is 0 Å². The molecule has 43 heavy (non-hydrogen) atoms. The monoisotopic (exact) mass is 647 g/mol. The van der Waals surface area contributed by atoms with Crippen molar-refractivity contribution in [3.8, 4) is 5.75 Å². The predicted molar refractivity (Wildman–Crippen MR) is 172 cm³/mol. The Kier molecular flexibility index (Phi) is 12.3. The van der Waals surface area contributed by atoms with Crippen LogP contribution in [0.3, 0.4) is 0 Å². The predicted octanol–water partition coefficient (Wildman–Crippen LogP) is 6.62. The summed E-state index contributed by atoms with van der Waals surface area (Å²) in [5, 5.41) is 3.61. The van der Waals surface area contributed by atoms with Crippen LogP contribution in [0.5, 0.6) is 5.75 Å². The topological polar surface area (TPSA) is 96.0 Å². The van der Waals surface area contributed by atoms with Crippen molar-refractivity contribution in [2.75, 3.05) is 17.5 Å². The van der Waals surface area contributed by atoms with E-state index in [1.807, 2.05) is 20.8 Å². The lowest BCUT2D eigenvalue weighted by atomic mass is 10.1. The Balaban J connectivity index is 2.15. The number of amides is 2. The van der Waals surface area contributed by atoms with Crippen molar-refractivity contribution in [2.45, 2.75) is 71.0 Å². The summed E-state index contributed by atoms with van der Waals surface area (Å²) in [5.74, 6) is -0.657. The van der Waals surface area contributed by atoms with E-state index < -0.39 is 28.5 Å². The van der Waals surface area contributed by atoms with Gasteiger partial charge in [-0.05, 0) is 70.0 Å². The zero-order chi connectivity index (χ0) is 31.7. The summed E-state index contributed by atoms with van der Waals surface area (Å²) in [5.41, 5.74) is 1.54. The molecule has 0 heterocycles. The first-order valence-electron chi connectivity index (χ1n) is 14.3. The molecule has 8 nitrogen and oxygen atoms in total. The molecule has 0 aromatic heterocycles. The Morgan fingerprint density at radius 2 is 1.53 bits per heavy atom. The number of para-hydroxylation sites is 2. The first kappa shape index (κ1) is 34.2. The zero-order valence-corrected chi connectivity index (χ0v) is 27.5. The number of benzene rings is 3. The summed E-state index contributed by atoms with van der Waals surface area (Å²) in [6, 6.07) is 17.0. The first-order valence-corrected chi connectivity index (χ1v) is 16.5. The smallest absolute Gasteiger partial charge is 0.264 e. The van der Waals surface area contributed by atoms with E-state index in [2.05, 4.69) is 5.32 Å². The number of nitrogens with one attached hydrogen (secondary N) is 1. The summed E-state index contributed by atoms with van der Waals surface area (Å²) >= 11 is 13.0. The Bertz CT molecular complexity index is 1500. The molecule has 2 amide bonds. The van der Waals surface area contributed by atoms with Gasteiger partial charge < -0.3 is 15.0 Å². The van der Waals surface area contributed by atoms with Crippen molar-refractivity contribution in [3.05, 3.63) is 87.9 Å². The van der Waals surface area contributed by atoms with Crippen molar-refractivity contribution in [1.82, 2.24) is 10.2 Å². The molecule has 0 unspecified atom stereocenters. The number of nitrogens with zero attached hydrogens (tertiary/aromatic N) is 2. The van der Waals surface area contributed by atoms with Gasteiger partial charge in [0.1, 0.15) is 18.3 Å². The minimum absolute atomic E-state index is 0.0134. The van der Waals surface area contributed by atoms with Gasteiger partial charge in [-0.3, -0.25) is 13.9 Å². The molecule has 3 aromatic rings. The fourth-order valence-corrected chi connectivity index (χ4v) is 6.45. The van der Waals surface area contributed by atoms with E-state index in [1.54, 1.807) is 68.4 Å². The Hall–Kier alpha value is -3.27. The fraction of sp³-hybridized carbons (Fsp3) is 0.375. The Morgan fingerprint density at radius 3 is 2.12 bits per heavy atom. The molecule has 0 fully saturated rings. The highest BCUT2D eigenvalue weighted by atomic mass is 35.5. The van der Waals surface area contributed by atoms with Crippen LogP contribution >= 0.6 is 23.2 Å². The SMILES string of the molecule is CCOc1ccccc1N(CC(=O)N(Cc1c(Cl)cccc1Cl)[C@@H](CC)C(=O)N[C@@H](C)CC)S(=O)(=O)c1ccc(C)cc1. The van der Waals surface area contributed by atoms with Crippen LogP contribution in [0, 0.1) is 6.92 Å². The van der Waals surface area contributed by atoms with Gasteiger partial charge in [0.25, 0.3) is 10.0 Å². The van der Waals surface area contributed by atoms with Crippen molar-refractivity contribution >= 4 is 50.7 Å². The van der Waals surface area contributed by atoms with Gasteiger partial charge in [0.05, 0.1) is 17.2 Å². The minimum Gasteiger partial charge on any atom is -0.492 e. The Morgan fingerprint density at radius 1 is 0.907 bits per heavy atom. The lowest BCUT2D eigenvalue weighted by molar-refractivity contribution is -0.140. The highest BCUT2D eigenvalue weighted by Gasteiger charge is 2.35. The molecule has 0 saturated heterocycles. The zero-order valence-electron chi connectivity index (χ0n) is 25.1. The van der Waals surface area contributed by atoms with Crippen LogP contribution in [-0.2, 0) is 26.2 Å². The van der Waals surface area contributed by atoms with Crippen LogP contribution in [0.15, 0.2) is 71.6 Å². The van der Waals surface area contributed by atoms with Crippen LogP contribution in [0.1, 0.15) is 51.7 Å². The maximum absolute atomic E-state index is 14.3. The Labute approximate surface area is 265 Å². The molecule has 1 N–H and O–H groups in total. The number of carbonyl (C=O) groups excluding carboxylic acids is 2. The average molecular weight is 649 g/mol. The van der Waals surface area contributed by atoms with Crippen molar-refractivity contribution in [3.63, 3.8) is 0 Å². The molecular weight excluding hydrogens is 609 g/mol. The molecule has 3 aromatic carbocycles. The molecule has 232 valence electrons. The second-order valence-corrected chi connectivity index (χ2v) is 12.9. The highest BCUT2D eigenvalue weighted by Crippen LogP contribution is 2.33. The molecular formula is C32H39Cl2N3O5S. The number of anilines is 1. The minimum atomic E-state index is -4.25. The summed E-state index contributed by atoms with van der Waals surface area (Å²) in [4.78, 5) is 29.2. The molecule has 0 spiro atoms. The van der Waals surface area contributed by atoms with Gasteiger partial charge in [0.15, 0.2) is 0 Å². The lowest BCUT2D eigenvalue weighted by Crippen LogP contribution is -2.53. The van der Waals surface area contributed by atoms with Gasteiger partial charge in [0.2, 0.25) is 11.8 Å². The number of hydrogen-bond donors (Lipinski definition) is 1. The number of sulfonamides is 1. The van der Waals surface area contributed by atoms with Gasteiger partial charge in [-0.1, -0.05) is 72.9 Å².